The fraction of sp³-hybridized carbons (Fsp3) is 1.00. The van der Waals surface area contributed by atoms with Crippen LogP contribution >= 0.6 is 0 Å². The molecule has 0 heteroatoms. The van der Waals surface area contributed by atoms with E-state index in [0.717, 1.165) is 41.4 Å². The zero-order valence-corrected chi connectivity index (χ0v) is 16.0. The predicted octanol–water partition coefficient (Wildman–Crippen LogP) is 7.08. The largest absolute Gasteiger partial charge is 0.0622 e. The van der Waals surface area contributed by atoms with Crippen LogP contribution in [0, 0.1) is 46.8 Å². The fourth-order valence-corrected chi connectivity index (χ4v) is 7.88. The molecule has 4 saturated carbocycles. The summed E-state index contributed by atoms with van der Waals surface area (Å²) >= 11 is 0. The first kappa shape index (κ1) is 16.5. The molecule has 0 bridgehead atoms. The van der Waals surface area contributed by atoms with Crippen molar-refractivity contribution in [2.24, 2.45) is 46.8 Å². The lowest BCUT2D eigenvalue weighted by Gasteiger charge is -2.50. The molecule has 0 heterocycles. The zero-order chi connectivity index (χ0) is 16.0. The molecule has 7 atom stereocenters. The molecule has 7 unspecified atom stereocenters. The standard InChI is InChI=1S/C23H40/c1-16-11-12-19(17(2)23(3)13-7-4-8-14-23)22-20-10-6-5-9-18(20)15-21(16)22/h16-22H,4-15H2,1-3H3. The highest BCUT2D eigenvalue weighted by molar-refractivity contribution is 5.02. The Balaban J connectivity index is 1.57. The summed E-state index contributed by atoms with van der Waals surface area (Å²) in [7, 11) is 0. The van der Waals surface area contributed by atoms with E-state index in [2.05, 4.69) is 20.8 Å². The van der Waals surface area contributed by atoms with E-state index in [1.54, 1.807) is 25.7 Å². The molecule has 0 aromatic heterocycles. The van der Waals surface area contributed by atoms with Crippen LogP contribution in [0.15, 0.2) is 0 Å². The van der Waals surface area contributed by atoms with Crippen LogP contribution < -0.4 is 0 Å². The summed E-state index contributed by atoms with van der Waals surface area (Å²) in [6, 6.07) is 0. The molecule has 0 amide bonds. The van der Waals surface area contributed by atoms with Crippen molar-refractivity contribution in [3.8, 4) is 0 Å². The molecule has 4 aliphatic carbocycles. The molecule has 4 fully saturated rings. The maximum Gasteiger partial charge on any atom is -0.0297 e. The van der Waals surface area contributed by atoms with Crippen LogP contribution in [0.3, 0.4) is 0 Å². The summed E-state index contributed by atoms with van der Waals surface area (Å²) in [5.74, 6) is 7.50. The normalized spacial score (nSPS) is 47.6. The quantitative estimate of drug-likeness (QED) is 0.510. The smallest absolute Gasteiger partial charge is 0.0297 e. The van der Waals surface area contributed by atoms with Crippen molar-refractivity contribution >= 4 is 0 Å². The maximum atomic E-state index is 2.68. The lowest BCUT2D eigenvalue weighted by molar-refractivity contribution is -0.0117. The van der Waals surface area contributed by atoms with Crippen molar-refractivity contribution in [2.45, 2.75) is 97.8 Å². The van der Waals surface area contributed by atoms with E-state index in [9.17, 15) is 0 Å². The molecule has 0 N–H and O–H groups in total. The van der Waals surface area contributed by atoms with Gasteiger partial charge in [0.15, 0.2) is 0 Å². The van der Waals surface area contributed by atoms with Crippen LogP contribution in [0.1, 0.15) is 97.8 Å². The predicted molar refractivity (Wildman–Crippen MR) is 99.3 cm³/mol. The Kier molecular flexibility index (Phi) is 4.57. The number of hydrogen-bond acceptors (Lipinski definition) is 0. The Bertz CT molecular complexity index is 402. The monoisotopic (exact) mass is 316 g/mol. The Morgan fingerprint density at radius 2 is 1.57 bits per heavy atom. The van der Waals surface area contributed by atoms with Gasteiger partial charge in [-0.3, -0.25) is 0 Å². The van der Waals surface area contributed by atoms with E-state index in [-0.39, 0.29) is 0 Å². The lowest BCUT2D eigenvalue weighted by Crippen LogP contribution is -2.43. The van der Waals surface area contributed by atoms with Crippen LogP contribution in [0.4, 0.5) is 0 Å². The van der Waals surface area contributed by atoms with Crippen LogP contribution in [0.5, 0.6) is 0 Å². The minimum absolute atomic E-state index is 0.667. The molecule has 4 rings (SSSR count). The molecule has 23 heavy (non-hydrogen) atoms. The number of rotatable bonds is 2. The van der Waals surface area contributed by atoms with Crippen molar-refractivity contribution in [1.29, 1.82) is 0 Å². The first-order valence-electron chi connectivity index (χ1n) is 11.1. The van der Waals surface area contributed by atoms with Gasteiger partial charge in [0.2, 0.25) is 0 Å². The lowest BCUT2D eigenvalue weighted by atomic mass is 9.55. The molecule has 4 aliphatic rings. The van der Waals surface area contributed by atoms with Gasteiger partial charge in [-0.1, -0.05) is 65.7 Å². The van der Waals surface area contributed by atoms with Gasteiger partial charge in [0.25, 0.3) is 0 Å². The van der Waals surface area contributed by atoms with Crippen molar-refractivity contribution in [2.75, 3.05) is 0 Å². The van der Waals surface area contributed by atoms with E-state index in [4.69, 9.17) is 0 Å². The average Bonchev–Trinajstić information content (AvgIpc) is 2.96. The van der Waals surface area contributed by atoms with Gasteiger partial charge >= 0.3 is 0 Å². The highest BCUT2D eigenvalue weighted by atomic mass is 14.6. The molecule has 0 aliphatic heterocycles. The van der Waals surface area contributed by atoms with E-state index in [0.29, 0.717) is 5.41 Å². The first-order valence-corrected chi connectivity index (χ1v) is 11.1. The van der Waals surface area contributed by atoms with Crippen LogP contribution in [0.2, 0.25) is 0 Å². The van der Waals surface area contributed by atoms with Crippen molar-refractivity contribution in [3.05, 3.63) is 0 Å². The second-order valence-corrected chi connectivity index (χ2v) is 10.4. The molecule has 0 spiro atoms. The van der Waals surface area contributed by atoms with Crippen molar-refractivity contribution in [1.82, 2.24) is 0 Å². The molecule has 132 valence electrons. The second-order valence-electron chi connectivity index (χ2n) is 10.4. The zero-order valence-electron chi connectivity index (χ0n) is 16.0. The van der Waals surface area contributed by atoms with Crippen molar-refractivity contribution < 1.29 is 0 Å². The summed E-state index contributed by atoms with van der Waals surface area (Å²) < 4.78 is 0. The molecule has 0 aromatic rings. The molecule has 0 saturated heterocycles. The third-order valence-electron chi connectivity index (χ3n) is 9.45. The Hall–Kier alpha value is 0. The summed E-state index contributed by atoms with van der Waals surface area (Å²) in [6.45, 7) is 7.94. The third-order valence-corrected chi connectivity index (χ3v) is 9.45. The van der Waals surface area contributed by atoms with Crippen molar-refractivity contribution in [3.63, 3.8) is 0 Å². The minimum Gasteiger partial charge on any atom is -0.0622 e. The topological polar surface area (TPSA) is 0 Å². The summed E-state index contributed by atoms with van der Waals surface area (Å²) in [5.41, 5.74) is 0.667. The van der Waals surface area contributed by atoms with E-state index < -0.39 is 0 Å². The molecule has 0 nitrogen and oxygen atoms in total. The van der Waals surface area contributed by atoms with Gasteiger partial charge in [-0.25, -0.2) is 0 Å². The van der Waals surface area contributed by atoms with Gasteiger partial charge in [0.05, 0.1) is 0 Å². The fourth-order valence-electron chi connectivity index (χ4n) is 7.88. The molecule has 0 aromatic carbocycles. The van der Waals surface area contributed by atoms with Gasteiger partial charge in [0.1, 0.15) is 0 Å². The molecular formula is C23H40. The van der Waals surface area contributed by atoms with Crippen LogP contribution in [-0.4, -0.2) is 0 Å². The van der Waals surface area contributed by atoms with Crippen LogP contribution in [-0.2, 0) is 0 Å². The Morgan fingerprint density at radius 1 is 0.826 bits per heavy atom. The van der Waals surface area contributed by atoms with Gasteiger partial charge in [-0.2, -0.15) is 0 Å². The second kappa shape index (κ2) is 6.38. The SMILES string of the molecule is CC1CCC(C(C)C2(C)CCCCC2)C2C1CC1CCCCC12. The number of hydrogen-bond donors (Lipinski definition) is 0. The van der Waals surface area contributed by atoms with E-state index in [1.807, 2.05) is 0 Å². The van der Waals surface area contributed by atoms with Gasteiger partial charge in [0, 0.05) is 0 Å². The van der Waals surface area contributed by atoms with E-state index >= 15 is 0 Å². The molecular weight excluding hydrogens is 276 g/mol. The van der Waals surface area contributed by atoms with Gasteiger partial charge in [-0.15, -0.1) is 0 Å². The highest BCUT2D eigenvalue weighted by Gasteiger charge is 2.53. The minimum atomic E-state index is 0.667. The summed E-state index contributed by atoms with van der Waals surface area (Å²) in [5, 5.41) is 0. The summed E-state index contributed by atoms with van der Waals surface area (Å²) in [4.78, 5) is 0. The molecule has 0 radical (unpaired) electrons. The maximum absolute atomic E-state index is 2.68. The highest BCUT2D eigenvalue weighted by Crippen LogP contribution is 2.61. The van der Waals surface area contributed by atoms with Gasteiger partial charge < -0.3 is 0 Å². The Morgan fingerprint density at radius 3 is 2.35 bits per heavy atom. The summed E-state index contributed by atoms with van der Waals surface area (Å²) in [6.07, 6.45) is 18.5. The third kappa shape index (κ3) is 2.81. The van der Waals surface area contributed by atoms with E-state index in [1.165, 1.54) is 51.4 Å². The van der Waals surface area contributed by atoms with Gasteiger partial charge in [-0.05, 0) is 78.9 Å². The Labute approximate surface area is 145 Å². The van der Waals surface area contributed by atoms with Crippen LogP contribution in [0.25, 0.3) is 0 Å². The number of fused-ring (bicyclic) bond motifs is 3. The first-order chi connectivity index (χ1) is 11.1. The average molecular weight is 317 g/mol.